The van der Waals surface area contributed by atoms with Crippen LogP contribution in [0.1, 0.15) is 25.6 Å². The average Bonchev–Trinajstić information content (AvgIpc) is 2.92. The summed E-state index contributed by atoms with van der Waals surface area (Å²) < 4.78 is 10.6. The number of pyridine rings is 1. The quantitative estimate of drug-likeness (QED) is 0.929. The number of nitrogens with zero attached hydrogens (tertiary/aromatic N) is 1. The summed E-state index contributed by atoms with van der Waals surface area (Å²) in [5.74, 6) is 0.781. The first-order chi connectivity index (χ1) is 10.4. The van der Waals surface area contributed by atoms with Gasteiger partial charge in [0, 0.05) is 22.1 Å². The maximum atomic E-state index is 11.7. The fraction of sp³-hybridized carbons (Fsp3) is 0.375. The number of hydrogen-bond acceptors (Lipinski definition) is 5. The highest BCUT2D eigenvalue weighted by atomic mass is 32.1. The standard InChI is InChI=1S/C16H20N2O3S/c1-16(2,3)21-15(19)18-9-11-5-6-14(22-11)12-10-17-8-7-13(12)20-4/h5-8,10H,9H2,1-4H3,(H,18,19). The van der Waals surface area contributed by atoms with Gasteiger partial charge >= 0.3 is 6.09 Å². The summed E-state index contributed by atoms with van der Waals surface area (Å²) >= 11 is 1.59. The van der Waals surface area contributed by atoms with Crippen molar-refractivity contribution in [1.29, 1.82) is 0 Å². The molecule has 0 fully saturated rings. The van der Waals surface area contributed by atoms with Gasteiger partial charge in [-0.2, -0.15) is 0 Å². The van der Waals surface area contributed by atoms with Crippen molar-refractivity contribution in [3.05, 3.63) is 35.5 Å². The Kier molecular flexibility index (Phi) is 5.03. The van der Waals surface area contributed by atoms with Crippen molar-refractivity contribution in [2.24, 2.45) is 0 Å². The Bertz CT molecular complexity index is 647. The summed E-state index contributed by atoms with van der Waals surface area (Å²) in [6, 6.07) is 5.80. The third-order valence-electron chi connectivity index (χ3n) is 2.73. The molecule has 0 saturated carbocycles. The molecule has 0 bridgehead atoms. The fourth-order valence-electron chi connectivity index (χ4n) is 1.84. The minimum atomic E-state index is -0.492. The first-order valence-electron chi connectivity index (χ1n) is 6.93. The van der Waals surface area contributed by atoms with Crippen molar-refractivity contribution in [2.45, 2.75) is 32.9 Å². The molecular weight excluding hydrogens is 300 g/mol. The largest absolute Gasteiger partial charge is 0.496 e. The number of hydrogen-bond donors (Lipinski definition) is 1. The molecule has 1 N–H and O–H groups in total. The van der Waals surface area contributed by atoms with Crippen molar-refractivity contribution < 1.29 is 14.3 Å². The van der Waals surface area contributed by atoms with Crippen molar-refractivity contribution in [1.82, 2.24) is 10.3 Å². The second kappa shape index (κ2) is 6.79. The SMILES string of the molecule is COc1ccncc1-c1ccc(CNC(=O)OC(C)(C)C)s1. The lowest BCUT2D eigenvalue weighted by Gasteiger charge is -2.19. The first kappa shape index (κ1) is 16.3. The van der Waals surface area contributed by atoms with E-state index < -0.39 is 11.7 Å². The van der Waals surface area contributed by atoms with Crippen LogP contribution in [0.4, 0.5) is 4.79 Å². The normalized spacial score (nSPS) is 11.1. The highest BCUT2D eigenvalue weighted by molar-refractivity contribution is 7.15. The first-order valence-corrected chi connectivity index (χ1v) is 7.74. The van der Waals surface area contributed by atoms with Crippen molar-refractivity contribution in [2.75, 3.05) is 7.11 Å². The van der Waals surface area contributed by atoms with Crippen LogP contribution in [0.2, 0.25) is 0 Å². The van der Waals surface area contributed by atoms with E-state index in [1.807, 2.05) is 39.0 Å². The molecule has 118 valence electrons. The van der Waals surface area contributed by atoms with E-state index in [9.17, 15) is 4.79 Å². The van der Waals surface area contributed by atoms with E-state index in [-0.39, 0.29) is 0 Å². The minimum Gasteiger partial charge on any atom is -0.496 e. The van der Waals surface area contributed by atoms with Crippen LogP contribution in [0.25, 0.3) is 10.4 Å². The summed E-state index contributed by atoms with van der Waals surface area (Å²) in [6.45, 7) is 5.95. The molecule has 0 aliphatic rings. The zero-order valence-corrected chi connectivity index (χ0v) is 14.0. The molecule has 0 spiro atoms. The van der Waals surface area contributed by atoms with E-state index in [1.54, 1.807) is 30.8 Å². The number of methoxy groups -OCH3 is 1. The van der Waals surface area contributed by atoms with Gasteiger partial charge in [-0.3, -0.25) is 4.98 Å². The maximum Gasteiger partial charge on any atom is 0.407 e. The van der Waals surface area contributed by atoms with Crippen molar-refractivity contribution in [3.63, 3.8) is 0 Å². The zero-order chi connectivity index (χ0) is 16.2. The van der Waals surface area contributed by atoms with E-state index in [0.29, 0.717) is 6.54 Å². The molecule has 5 nitrogen and oxygen atoms in total. The number of carbonyl (C=O) groups excluding carboxylic acids is 1. The number of amides is 1. The smallest absolute Gasteiger partial charge is 0.407 e. The molecule has 2 heterocycles. The van der Waals surface area contributed by atoms with E-state index in [2.05, 4.69) is 10.3 Å². The second-order valence-electron chi connectivity index (χ2n) is 5.70. The van der Waals surface area contributed by atoms with Gasteiger partial charge in [-0.25, -0.2) is 4.79 Å². The van der Waals surface area contributed by atoms with Crippen LogP contribution < -0.4 is 10.1 Å². The molecule has 2 aromatic rings. The Labute approximate surface area is 134 Å². The Balaban J connectivity index is 2.02. The molecule has 0 saturated heterocycles. The number of rotatable bonds is 4. The van der Waals surface area contributed by atoms with Gasteiger partial charge in [0.05, 0.1) is 19.2 Å². The van der Waals surface area contributed by atoms with Gasteiger partial charge in [0.1, 0.15) is 11.4 Å². The van der Waals surface area contributed by atoms with E-state index in [0.717, 1.165) is 21.1 Å². The molecule has 0 aliphatic carbocycles. The van der Waals surface area contributed by atoms with Gasteiger partial charge in [0.25, 0.3) is 0 Å². The average molecular weight is 320 g/mol. The van der Waals surface area contributed by atoms with Gasteiger partial charge in [0.15, 0.2) is 0 Å². The lowest BCUT2D eigenvalue weighted by molar-refractivity contribution is 0.0524. The molecular formula is C16H20N2O3S. The number of alkyl carbamates (subject to hydrolysis) is 1. The second-order valence-corrected chi connectivity index (χ2v) is 6.87. The maximum absolute atomic E-state index is 11.7. The summed E-state index contributed by atoms with van der Waals surface area (Å²) in [5, 5.41) is 2.75. The molecule has 6 heteroatoms. The topological polar surface area (TPSA) is 60.5 Å². The summed E-state index contributed by atoms with van der Waals surface area (Å²) in [7, 11) is 1.64. The van der Waals surface area contributed by atoms with Crippen LogP contribution in [0.5, 0.6) is 5.75 Å². The van der Waals surface area contributed by atoms with E-state index in [4.69, 9.17) is 9.47 Å². The molecule has 0 radical (unpaired) electrons. The highest BCUT2D eigenvalue weighted by Crippen LogP contribution is 2.34. The van der Waals surface area contributed by atoms with Crippen LogP contribution in [0.3, 0.4) is 0 Å². The minimum absolute atomic E-state index is 0.415. The molecule has 0 atom stereocenters. The highest BCUT2D eigenvalue weighted by Gasteiger charge is 2.16. The van der Waals surface area contributed by atoms with Crippen LogP contribution in [-0.4, -0.2) is 23.8 Å². The Morgan fingerprint density at radius 2 is 2.09 bits per heavy atom. The number of ether oxygens (including phenoxy) is 2. The van der Waals surface area contributed by atoms with Crippen LogP contribution in [0.15, 0.2) is 30.6 Å². The molecule has 0 unspecified atom stereocenters. The third-order valence-corrected chi connectivity index (χ3v) is 3.85. The number of thiophene rings is 1. The Morgan fingerprint density at radius 3 is 2.77 bits per heavy atom. The van der Waals surface area contributed by atoms with Gasteiger partial charge in [0.2, 0.25) is 0 Å². The number of aromatic nitrogens is 1. The van der Waals surface area contributed by atoms with Crippen LogP contribution >= 0.6 is 11.3 Å². The molecule has 0 aromatic carbocycles. The zero-order valence-electron chi connectivity index (χ0n) is 13.2. The van der Waals surface area contributed by atoms with E-state index in [1.165, 1.54) is 0 Å². The summed E-state index contributed by atoms with van der Waals surface area (Å²) in [5.41, 5.74) is 0.451. The molecule has 22 heavy (non-hydrogen) atoms. The van der Waals surface area contributed by atoms with Crippen LogP contribution in [-0.2, 0) is 11.3 Å². The fourth-order valence-corrected chi connectivity index (χ4v) is 2.80. The van der Waals surface area contributed by atoms with Gasteiger partial charge in [-0.15, -0.1) is 11.3 Å². The van der Waals surface area contributed by atoms with Gasteiger partial charge in [-0.1, -0.05) is 0 Å². The molecule has 2 aromatic heterocycles. The Morgan fingerprint density at radius 1 is 1.32 bits per heavy atom. The summed E-state index contributed by atoms with van der Waals surface area (Å²) in [6.07, 6.45) is 3.05. The molecule has 0 aliphatic heterocycles. The lowest BCUT2D eigenvalue weighted by Crippen LogP contribution is -2.31. The third kappa shape index (κ3) is 4.46. The molecule has 2 rings (SSSR count). The monoisotopic (exact) mass is 320 g/mol. The van der Waals surface area contributed by atoms with Crippen molar-refractivity contribution in [3.8, 4) is 16.2 Å². The number of carbonyl (C=O) groups is 1. The Hall–Kier alpha value is -2.08. The summed E-state index contributed by atoms with van der Waals surface area (Å²) in [4.78, 5) is 17.9. The number of nitrogens with one attached hydrogen (secondary N) is 1. The van der Waals surface area contributed by atoms with E-state index >= 15 is 0 Å². The lowest BCUT2D eigenvalue weighted by atomic mass is 10.2. The predicted octanol–water partition coefficient (Wildman–Crippen LogP) is 3.84. The predicted molar refractivity (Wildman–Crippen MR) is 87.2 cm³/mol. The van der Waals surface area contributed by atoms with Gasteiger partial charge in [-0.05, 0) is 39.0 Å². The van der Waals surface area contributed by atoms with Gasteiger partial charge < -0.3 is 14.8 Å². The van der Waals surface area contributed by atoms with Crippen molar-refractivity contribution >= 4 is 17.4 Å². The van der Waals surface area contributed by atoms with Crippen LogP contribution in [0, 0.1) is 0 Å². The molecule has 1 amide bonds.